The smallest absolute Gasteiger partial charge is 0.187 e. The molecule has 0 spiro atoms. The van der Waals surface area contributed by atoms with Crippen LogP contribution in [-0.2, 0) is 0 Å². The second-order valence-electron chi connectivity index (χ2n) is 3.74. The van der Waals surface area contributed by atoms with E-state index in [0.717, 1.165) is 0 Å². The molecule has 92 valence electrons. The van der Waals surface area contributed by atoms with Gasteiger partial charge in [0.2, 0.25) is 0 Å². The summed E-state index contributed by atoms with van der Waals surface area (Å²) >= 11 is 4.96. The van der Waals surface area contributed by atoms with E-state index in [1.807, 2.05) is 13.8 Å². The third-order valence-corrected chi connectivity index (χ3v) is 2.01. The predicted molar refractivity (Wildman–Crippen MR) is 71.4 cm³/mol. The fourth-order valence-corrected chi connectivity index (χ4v) is 1.38. The Balaban J connectivity index is 2.56. The highest BCUT2D eigenvalue weighted by atomic mass is 32.1. The minimum atomic E-state index is -0.0433. The van der Waals surface area contributed by atoms with Crippen LogP contribution in [0.5, 0.6) is 11.5 Å². The Labute approximate surface area is 105 Å². The van der Waals surface area contributed by atoms with Crippen molar-refractivity contribution in [3.8, 4) is 11.5 Å². The van der Waals surface area contributed by atoms with Crippen molar-refractivity contribution < 1.29 is 10.2 Å². The molecule has 1 aromatic carbocycles. The third kappa shape index (κ3) is 4.69. The number of phenols is 2. The maximum absolute atomic E-state index is 9.47. The molecule has 0 saturated heterocycles. The summed E-state index contributed by atoms with van der Waals surface area (Å²) in [6.45, 7) is 3.92. The highest BCUT2D eigenvalue weighted by Gasteiger charge is 1.99. The van der Waals surface area contributed by atoms with Gasteiger partial charge in [-0.3, -0.25) is 5.43 Å². The molecule has 0 amide bonds. The summed E-state index contributed by atoms with van der Waals surface area (Å²) in [4.78, 5) is 0. The van der Waals surface area contributed by atoms with Crippen molar-refractivity contribution in [2.75, 3.05) is 0 Å². The zero-order valence-electron chi connectivity index (χ0n) is 9.64. The van der Waals surface area contributed by atoms with Crippen molar-refractivity contribution in [1.29, 1.82) is 0 Å². The Bertz CT molecular complexity index is 433. The summed E-state index contributed by atoms with van der Waals surface area (Å²) < 4.78 is 0. The van der Waals surface area contributed by atoms with Crippen LogP contribution < -0.4 is 10.7 Å². The van der Waals surface area contributed by atoms with E-state index in [-0.39, 0.29) is 17.5 Å². The van der Waals surface area contributed by atoms with Gasteiger partial charge in [0, 0.05) is 17.7 Å². The Hall–Kier alpha value is -1.82. The van der Waals surface area contributed by atoms with Gasteiger partial charge in [-0.1, -0.05) is 0 Å². The Morgan fingerprint density at radius 1 is 1.41 bits per heavy atom. The summed E-state index contributed by atoms with van der Waals surface area (Å²) in [6.07, 6.45) is 1.42. The van der Waals surface area contributed by atoms with Gasteiger partial charge in [-0.15, -0.1) is 0 Å². The van der Waals surface area contributed by atoms with Gasteiger partial charge in [-0.05, 0) is 38.2 Å². The van der Waals surface area contributed by atoms with Gasteiger partial charge < -0.3 is 15.5 Å². The second kappa shape index (κ2) is 6.05. The predicted octanol–water partition coefficient (Wildman–Crippen LogP) is 1.30. The first kappa shape index (κ1) is 13.2. The number of phenolic OH excluding ortho intramolecular Hbond substituents is 2. The van der Waals surface area contributed by atoms with Crippen LogP contribution in [-0.4, -0.2) is 27.6 Å². The highest BCUT2D eigenvalue weighted by Crippen LogP contribution is 2.20. The monoisotopic (exact) mass is 253 g/mol. The normalized spacial score (nSPS) is 10.8. The van der Waals surface area contributed by atoms with E-state index < -0.39 is 0 Å². The molecule has 17 heavy (non-hydrogen) atoms. The highest BCUT2D eigenvalue weighted by molar-refractivity contribution is 7.80. The first-order chi connectivity index (χ1) is 7.99. The fraction of sp³-hybridized carbons (Fsp3) is 0.273. The number of benzene rings is 1. The van der Waals surface area contributed by atoms with E-state index in [4.69, 9.17) is 17.3 Å². The van der Waals surface area contributed by atoms with Crippen LogP contribution in [0.3, 0.4) is 0 Å². The summed E-state index contributed by atoms with van der Waals surface area (Å²) in [6, 6.07) is 4.49. The Kier molecular flexibility index (Phi) is 4.71. The van der Waals surface area contributed by atoms with Crippen LogP contribution in [0.2, 0.25) is 0 Å². The van der Waals surface area contributed by atoms with Gasteiger partial charge in [0.25, 0.3) is 0 Å². The summed E-state index contributed by atoms with van der Waals surface area (Å²) in [5.74, 6) is -0.0390. The lowest BCUT2D eigenvalue weighted by Crippen LogP contribution is -2.36. The van der Waals surface area contributed by atoms with Crippen molar-refractivity contribution in [1.82, 2.24) is 10.7 Å². The molecule has 0 saturated carbocycles. The van der Waals surface area contributed by atoms with Crippen molar-refractivity contribution in [2.24, 2.45) is 5.10 Å². The summed E-state index contributed by atoms with van der Waals surface area (Å²) in [5, 5.41) is 25.8. The number of nitrogens with zero attached hydrogens (tertiary/aromatic N) is 1. The van der Waals surface area contributed by atoms with Crippen LogP contribution in [0, 0.1) is 0 Å². The van der Waals surface area contributed by atoms with Crippen LogP contribution in [0.25, 0.3) is 0 Å². The lowest BCUT2D eigenvalue weighted by molar-refractivity contribution is 0.450. The number of hydrogen-bond acceptors (Lipinski definition) is 4. The standard InChI is InChI=1S/C11H15N3O2S/c1-7(2)13-11(17)14-12-6-8-3-4-9(15)5-10(8)16/h3-7,15-16H,1-2H3,(H2,13,14,17). The average molecular weight is 253 g/mol. The fourth-order valence-electron chi connectivity index (χ4n) is 1.10. The minimum Gasteiger partial charge on any atom is -0.508 e. The molecular weight excluding hydrogens is 238 g/mol. The largest absolute Gasteiger partial charge is 0.508 e. The quantitative estimate of drug-likeness (QED) is 0.371. The van der Waals surface area contributed by atoms with Gasteiger partial charge in [-0.2, -0.15) is 5.10 Å². The maximum atomic E-state index is 9.47. The number of aromatic hydroxyl groups is 2. The van der Waals surface area contributed by atoms with Gasteiger partial charge >= 0.3 is 0 Å². The van der Waals surface area contributed by atoms with Crippen LogP contribution >= 0.6 is 12.2 Å². The van der Waals surface area contributed by atoms with E-state index in [2.05, 4.69) is 15.8 Å². The van der Waals surface area contributed by atoms with Crippen molar-refractivity contribution >= 4 is 23.5 Å². The number of nitrogens with one attached hydrogen (secondary N) is 2. The lowest BCUT2D eigenvalue weighted by Gasteiger charge is -2.09. The summed E-state index contributed by atoms with van der Waals surface area (Å²) in [5.41, 5.74) is 3.11. The number of hydrazone groups is 1. The third-order valence-electron chi connectivity index (χ3n) is 1.80. The molecule has 1 rings (SSSR count). The van der Waals surface area contributed by atoms with Crippen LogP contribution in [0.4, 0.5) is 0 Å². The number of rotatable bonds is 3. The van der Waals surface area contributed by atoms with E-state index in [9.17, 15) is 5.11 Å². The van der Waals surface area contributed by atoms with Gasteiger partial charge in [0.05, 0.1) is 6.21 Å². The Morgan fingerprint density at radius 2 is 2.12 bits per heavy atom. The van der Waals surface area contributed by atoms with Crippen molar-refractivity contribution in [2.45, 2.75) is 19.9 Å². The lowest BCUT2D eigenvalue weighted by atomic mass is 10.2. The van der Waals surface area contributed by atoms with Crippen LogP contribution in [0.1, 0.15) is 19.4 Å². The first-order valence-corrected chi connectivity index (χ1v) is 5.51. The van der Waals surface area contributed by atoms with E-state index in [1.165, 1.54) is 18.3 Å². The first-order valence-electron chi connectivity index (χ1n) is 5.10. The van der Waals surface area contributed by atoms with Gasteiger partial charge in [0.15, 0.2) is 5.11 Å². The zero-order valence-corrected chi connectivity index (χ0v) is 10.5. The second-order valence-corrected chi connectivity index (χ2v) is 4.15. The molecule has 0 unspecified atom stereocenters. The summed E-state index contributed by atoms with van der Waals surface area (Å²) in [7, 11) is 0. The SMILES string of the molecule is CC(C)NC(=S)NN=Cc1ccc(O)cc1O. The molecule has 0 radical (unpaired) electrons. The molecule has 0 aromatic heterocycles. The van der Waals surface area contributed by atoms with E-state index in [0.29, 0.717) is 10.7 Å². The molecule has 6 heteroatoms. The molecule has 0 heterocycles. The van der Waals surface area contributed by atoms with Crippen molar-refractivity contribution in [3.05, 3.63) is 23.8 Å². The Morgan fingerprint density at radius 3 is 2.71 bits per heavy atom. The van der Waals surface area contributed by atoms with E-state index >= 15 is 0 Å². The van der Waals surface area contributed by atoms with Crippen LogP contribution in [0.15, 0.2) is 23.3 Å². The molecule has 0 fully saturated rings. The topological polar surface area (TPSA) is 76.9 Å². The number of hydrogen-bond donors (Lipinski definition) is 4. The molecule has 0 aliphatic heterocycles. The average Bonchev–Trinajstić information content (AvgIpc) is 2.20. The minimum absolute atomic E-state index is 0.00426. The molecule has 0 aliphatic carbocycles. The molecule has 0 aliphatic rings. The molecular formula is C11H15N3O2S. The van der Waals surface area contributed by atoms with E-state index in [1.54, 1.807) is 6.07 Å². The molecule has 5 nitrogen and oxygen atoms in total. The van der Waals surface area contributed by atoms with Gasteiger partial charge in [-0.25, -0.2) is 0 Å². The maximum Gasteiger partial charge on any atom is 0.187 e. The molecule has 4 N–H and O–H groups in total. The van der Waals surface area contributed by atoms with Crippen molar-refractivity contribution in [3.63, 3.8) is 0 Å². The zero-order chi connectivity index (χ0) is 12.8. The number of thiocarbonyl (C=S) groups is 1. The molecule has 0 bridgehead atoms. The van der Waals surface area contributed by atoms with Gasteiger partial charge in [0.1, 0.15) is 11.5 Å². The molecule has 0 atom stereocenters. The molecule has 1 aromatic rings.